The van der Waals surface area contributed by atoms with Crippen molar-refractivity contribution in [3.8, 4) is 5.75 Å². The number of aliphatic imine (C=N–C) groups is 1. The van der Waals surface area contributed by atoms with Crippen molar-refractivity contribution >= 4 is 11.9 Å². The number of methoxy groups -OCH3 is 1. The van der Waals surface area contributed by atoms with Crippen molar-refractivity contribution in [3.63, 3.8) is 0 Å². The molecule has 7 heteroatoms. The van der Waals surface area contributed by atoms with E-state index in [1.165, 1.54) is 12.1 Å². The number of guanidine groups is 1. The molecule has 0 aliphatic heterocycles. The van der Waals surface area contributed by atoms with Crippen LogP contribution < -0.4 is 20.7 Å². The predicted octanol–water partition coefficient (Wildman–Crippen LogP) is 2.28. The molecule has 0 saturated carbocycles. The van der Waals surface area contributed by atoms with Crippen molar-refractivity contribution in [2.75, 3.05) is 33.8 Å². The molecule has 0 heterocycles. The summed E-state index contributed by atoms with van der Waals surface area (Å²) in [6, 6.07) is 11.8. The third-order valence-electron chi connectivity index (χ3n) is 4.27. The molecule has 0 radical (unpaired) electrons. The van der Waals surface area contributed by atoms with Gasteiger partial charge in [0.1, 0.15) is 11.6 Å². The van der Waals surface area contributed by atoms with Gasteiger partial charge in [0.15, 0.2) is 5.96 Å². The van der Waals surface area contributed by atoms with E-state index in [1.54, 1.807) is 44.5 Å². The summed E-state index contributed by atoms with van der Waals surface area (Å²) in [5.74, 6) is 1.00. The Hall–Kier alpha value is -3.09. The quantitative estimate of drug-likeness (QED) is 0.370. The van der Waals surface area contributed by atoms with Gasteiger partial charge in [0.2, 0.25) is 0 Å². The lowest BCUT2D eigenvalue weighted by molar-refractivity contribution is 0.0954. The van der Waals surface area contributed by atoms with Gasteiger partial charge < -0.3 is 20.7 Å². The summed E-state index contributed by atoms with van der Waals surface area (Å²) < 4.78 is 18.2. The second-order valence-corrected chi connectivity index (χ2v) is 6.23. The second-order valence-electron chi connectivity index (χ2n) is 6.23. The maximum absolute atomic E-state index is 13.1. The molecule has 3 N–H and O–H groups in total. The van der Waals surface area contributed by atoms with Crippen LogP contribution in [0.5, 0.6) is 5.75 Å². The van der Waals surface area contributed by atoms with Gasteiger partial charge >= 0.3 is 0 Å². The minimum atomic E-state index is -0.219. The Kier molecular flexibility index (Phi) is 8.27. The zero-order valence-corrected chi connectivity index (χ0v) is 16.5. The normalized spacial score (nSPS) is 11.1. The Bertz CT molecular complexity index is 807. The van der Waals surface area contributed by atoms with Gasteiger partial charge in [-0.3, -0.25) is 9.79 Å². The van der Waals surface area contributed by atoms with Gasteiger partial charge in [-0.25, -0.2) is 4.39 Å². The Morgan fingerprint density at radius 1 is 1.04 bits per heavy atom. The van der Waals surface area contributed by atoms with E-state index in [4.69, 9.17) is 4.74 Å². The highest BCUT2D eigenvalue weighted by molar-refractivity contribution is 5.94. The molecule has 0 aromatic heterocycles. The Balaban J connectivity index is 1.68. The van der Waals surface area contributed by atoms with Gasteiger partial charge in [0.25, 0.3) is 5.91 Å². The van der Waals surface area contributed by atoms with Crippen LogP contribution in [-0.4, -0.2) is 45.7 Å². The van der Waals surface area contributed by atoms with E-state index in [0.29, 0.717) is 36.9 Å². The van der Waals surface area contributed by atoms with Gasteiger partial charge in [0.05, 0.1) is 7.11 Å². The van der Waals surface area contributed by atoms with E-state index >= 15 is 0 Å². The third kappa shape index (κ3) is 6.57. The number of benzene rings is 2. The lowest BCUT2D eigenvalue weighted by Gasteiger charge is -2.13. The second kappa shape index (κ2) is 10.9. The van der Waals surface area contributed by atoms with Crippen LogP contribution in [0.3, 0.4) is 0 Å². The standard InChI is InChI=1S/C21H27FN4O2/c1-15-14-18(22)7-4-16(15)10-11-25-21(23-2)26-13-12-24-20(27)17-5-8-19(28-3)9-6-17/h4-9,14H,10-13H2,1-3H3,(H,24,27)(H2,23,25,26). The van der Waals surface area contributed by atoms with Gasteiger partial charge in [-0.2, -0.15) is 0 Å². The molecule has 6 nitrogen and oxygen atoms in total. The number of rotatable bonds is 8. The van der Waals surface area contributed by atoms with E-state index in [0.717, 1.165) is 17.5 Å². The molecule has 0 bridgehead atoms. The van der Waals surface area contributed by atoms with Gasteiger partial charge in [-0.1, -0.05) is 6.07 Å². The highest BCUT2D eigenvalue weighted by Crippen LogP contribution is 2.11. The predicted molar refractivity (Wildman–Crippen MR) is 110 cm³/mol. The number of hydrogen-bond donors (Lipinski definition) is 3. The average Bonchev–Trinajstić information content (AvgIpc) is 2.71. The first kappa shape index (κ1) is 21.2. The number of hydrogen-bond acceptors (Lipinski definition) is 3. The molecule has 0 atom stereocenters. The molecular weight excluding hydrogens is 359 g/mol. The summed E-state index contributed by atoms with van der Waals surface area (Å²) in [5.41, 5.74) is 2.61. The molecule has 28 heavy (non-hydrogen) atoms. The largest absolute Gasteiger partial charge is 0.497 e. The molecule has 0 saturated heterocycles. The number of nitrogens with zero attached hydrogens (tertiary/aromatic N) is 1. The Morgan fingerprint density at radius 2 is 1.71 bits per heavy atom. The van der Waals surface area contributed by atoms with Crippen LogP contribution >= 0.6 is 0 Å². The minimum absolute atomic E-state index is 0.140. The number of carbonyl (C=O) groups is 1. The summed E-state index contributed by atoms with van der Waals surface area (Å²) in [6.45, 7) is 3.57. The number of carbonyl (C=O) groups excluding carboxylic acids is 1. The van der Waals surface area contributed by atoms with Crippen LogP contribution in [0.25, 0.3) is 0 Å². The van der Waals surface area contributed by atoms with Crippen LogP contribution in [-0.2, 0) is 6.42 Å². The molecule has 150 valence electrons. The number of nitrogens with one attached hydrogen (secondary N) is 3. The maximum atomic E-state index is 13.1. The van der Waals surface area contributed by atoms with E-state index in [9.17, 15) is 9.18 Å². The molecular formula is C21H27FN4O2. The summed E-state index contributed by atoms with van der Waals surface area (Å²) in [7, 11) is 3.27. The van der Waals surface area contributed by atoms with Crippen LogP contribution in [0, 0.1) is 12.7 Å². The van der Waals surface area contributed by atoms with Gasteiger partial charge in [-0.05, 0) is 60.9 Å². The molecule has 0 spiro atoms. The molecule has 0 aliphatic carbocycles. The van der Waals surface area contributed by atoms with Gasteiger partial charge in [0, 0.05) is 32.2 Å². The monoisotopic (exact) mass is 386 g/mol. The highest BCUT2D eigenvalue weighted by atomic mass is 19.1. The molecule has 0 aliphatic rings. The summed E-state index contributed by atoms with van der Waals surface area (Å²) >= 11 is 0. The zero-order valence-electron chi connectivity index (χ0n) is 16.5. The molecule has 0 unspecified atom stereocenters. The van der Waals surface area contributed by atoms with Crippen molar-refractivity contribution in [1.82, 2.24) is 16.0 Å². The van der Waals surface area contributed by atoms with Gasteiger partial charge in [-0.15, -0.1) is 0 Å². The van der Waals surface area contributed by atoms with Crippen molar-refractivity contribution in [2.45, 2.75) is 13.3 Å². The van der Waals surface area contributed by atoms with Crippen LogP contribution in [0.1, 0.15) is 21.5 Å². The van der Waals surface area contributed by atoms with E-state index in [1.807, 2.05) is 6.92 Å². The lowest BCUT2D eigenvalue weighted by atomic mass is 10.1. The van der Waals surface area contributed by atoms with Crippen molar-refractivity contribution < 1.29 is 13.9 Å². The van der Waals surface area contributed by atoms with Crippen molar-refractivity contribution in [3.05, 3.63) is 65.0 Å². The van der Waals surface area contributed by atoms with Crippen molar-refractivity contribution in [2.24, 2.45) is 4.99 Å². The first-order chi connectivity index (χ1) is 13.5. The zero-order chi connectivity index (χ0) is 20.4. The van der Waals surface area contributed by atoms with E-state index in [-0.39, 0.29) is 11.7 Å². The fraction of sp³-hybridized carbons (Fsp3) is 0.333. The third-order valence-corrected chi connectivity index (χ3v) is 4.27. The molecule has 0 fully saturated rings. The number of halogens is 1. The number of ether oxygens (including phenoxy) is 1. The number of amides is 1. The van der Waals surface area contributed by atoms with Crippen molar-refractivity contribution in [1.29, 1.82) is 0 Å². The molecule has 2 aromatic carbocycles. The molecule has 2 aromatic rings. The van der Waals surface area contributed by atoms with Crippen LogP contribution in [0.4, 0.5) is 4.39 Å². The summed E-state index contributed by atoms with van der Waals surface area (Å²) in [6.07, 6.45) is 0.765. The SMILES string of the molecule is CN=C(NCCNC(=O)c1ccc(OC)cc1)NCCc1ccc(F)cc1C. The smallest absolute Gasteiger partial charge is 0.251 e. The fourth-order valence-corrected chi connectivity index (χ4v) is 2.68. The topological polar surface area (TPSA) is 74.8 Å². The first-order valence-electron chi connectivity index (χ1n) is 9.15. The lowest BCUT2D eigenvalue weighted by Crippen LogP contribution is -2.42. The van der Waals surface area contributed by atoms with Crippen LogP contribution in [0.15, 0.2) is 47.5 Å². The van der Waals surface area contributed by atoms with E-state index in [2.05, 4.69) is 20.9 Å². The van der Waals surface area contributed by atoms with Crippen LogP contribution in [0.2, 0.25) is 0 Å². The minimum Gasteiger partial charge on any atom is -0.497 e. The maximum Gasteiger partial charge on any atom is 0.251 e. The summed E-state index contributed by atoms with van der Waals surface area (Å²) in [4.78, 5) is 16.2. The Labute approximate surface area is 165 Å². The van der Waals surface area contributed by atoms with E-state index < -0.39 is 0 Å². The highest BCUT2D eigenvalue weighted by Gasteiger charge is 2.05. The Morgan fingerprint density at radius 3 is 2.36 bits per heavy atom. The average molecular weight is 386 g/mol. The first-order valence-corrected chi connectivity index (χ1v) is 9.15. The fourth-order valence-electron chi connectivity index (χ4n) is 2.68. The molecule has 2 rings (SSSR count). The molecule has 1 amide bonds. The summed E-state index contributed by atoms with van der Waals surface area (Å²) in [5, 5.41) is 9.21. The number of aryl methyl sites for hydroxylation is 1.